The van der Waals surface area contributed by atoms with Crippen LogP contribution in [0.3, 0.4) is 0 Å². The summed E-state index contributed by atoms with van der Waals surface area (Å²) >= 11 is 3.31. The number of aliphatic carboxylic acids is 1. The summed E-state index contributed by atoms with van der Waals surface area (Å²) in [5, 5.41) is 16.0. The van der Waals surface area contributed by atoms with E-state index < -0.39 is 12.0 Å². The molecule has 0 aliphatic heterocycles. The van der Waals surface area contributed by atoms with E-state index in [2.05, 4.69) is 26.3 Å². The number of methoxy groups -OCH3 is 1. The Morgan fingerprint density at radius 2 is 2.21 bits per heavy atom. The molecule has 0 bridgehead atoms. The maximum absolute atomic E-state index is 12.1. The molecule has 1 amide bonds. The second-order valence-corrected chi connectivity index (χ2v) is 6.11. The monoisotopic (exact) mass is 395 g/mol. The molecule has 1 unspecified atom stereocenters. The third-order valence-corrected chi connectivity index (χ3v) is 4.08. The van der Waals surface area contributed by atoms with Gasteiger partial charge in [-0.05, 0) is 45.6 Å². The first-order valence-electron chi connectivity index (χ1n) is 7.24. The van der Waals surface area contributed by atoms with Gasteiger partial charge in [-0.2, -0.15) is 5.10 Å². The van der Waals surface area contributed by atoms with E-state index in [1.807, 2.05) is 6.20 Å². The van der Waals surface area contributed by atoms with Gasteiger partial charge in [-0.3, -0.25) is 9.48 Å². The number of nitrogens with one attached hydrogen (secondary N) is 1. The first-order chi connectivity index (χ1) is 11.4. The highest BCUT2D eigenvalue weighted by Gasteiger charge is 2.22. The Labute approximate surface area is 147 Å². The lowest BCUT2D eigenvalue weighted by Gasteiger charge is -2.16. The number of carbonyl (C=O) groups excluding carboxylic acids is 1. The van der Waals surface area contributed by atoms with Crippen molar-refractivity contribution in [1.29, 1.82) is 0 Å². The van der Waals surface area contributed by atoms with Crippen LogP contribution >= 0.6 is 15.9 Å². The van der Waals surface area contributed by atoms with E-state index in [0.29, 0.717) is 22.2 Å². The molecule has 1 aromatic carbocycles. The molecule has 0 saturated heterocycles. The second-order valence-electron chi connectivity index (χ2n) is 5.26. The number of aryl methyl sites for hydroxylation is 2. The molecule has 0 spiro atoms. The van der Waals surface area contributed by atoms with Crippen LogP contribution < -0.4 is 10.1 Å². The Morgan fingerprint density at radius 1 is 1.46 bits per heavy atom. The van der Waals surface area contributed by atoms with Crippen LogP contribution in [0.25, 0.3) is 0 Å². The summed E-state index contributed by atoms with van der Waals surface area (Å²) < 4.78 is 7.40. The van der Waals surface area contributed by atoms with E-state index in [4.69, 9.17) is 4.74 Å². The standard InChI is InChI=1S/C16H18BrN3O4/c1-20-9-10(8-18-20)3-6-14(21)19-15(16(22)23)11-4-5-13(24-2)12(17)7-11/h4-5,7-9,15H,3,6H2,1-2H3,(H,19,21)(H,22,23). The lowest BCUT2D eigenvalue weighted by molar-refractivity contribution is -0.142. The largest absolute Gasteiger partial charge is 0.496 e. The summed E-state index contributed by atoms with van der Waals surface area (Å²) in [6.07, 6.45) is 4.19. The molecule has 2 N–H and O–H groups in total. The van der Waals surface area contributed by atoms with Gasteiger partial charge in [0.15, 0.2) is 6.04 Å². The van der Waals surface area contributed by atoms with E-state index in [9.17, 15) is 14.7 Å². The van der Waals surface area contributed by atoms with Gasteiger partial charge in [0.25, 0.3) is 0 Å². The average molecular weight is 396 g/mol. The van der Waals surface area contributed by atoms with E-state index in [0.717, 1.165) is 5.56 Å². The topological polar surface area (TPSA) is 93.5 Å². The molecular weight excluding hydrogens is 378 g/mol. The van der Waals surface area contributed by atoms with Crippen molar-refractivity contribution in [3.05, 3.63) is 46.2 Å². The van der Waals surface area contributed by atoms with Crippen molar-refractivity contribution in [2.24, 2.45) is 7.05 Å². The predicted octanol–water partition coefficient (Wildman–Crippen LogP) is 2.07. The fourth-order valence-corrected chi connectivity index (χ4v) is 2.80. The number of benzene rings is 1. The number of amides is 1. The van der Waals surface area contributed by atoms with Crippen molar-refractivity contribution in [3.63, 3.8) is 0 Å². The number of carbonyl (C=O) groups is 2. The van der Waals surface area contributed by atoms with Crippen LogP contribution in [-0.2, 0) is 23.1 Å². The van der Waals surface area contributed by atoms with Crippen LogP contribution in [-0.4, -0.2) is 33.9 Å². The smallest absolute Gasteiger partial charge is 0.330 e. The lowest BCUT2D eigenvalue weighted by Crippen LogP contribution is -2.33. The molecule has 128 valence electrons. The Balaban J connectivity index is 2.03. The minimum absolute atomic E-state index is 0.187. The molecule has 2 rings (SSSR count). The molecule has 0 radical (unpaired) electrons. The zero-order chi connectivity index (χ0) is 17.7. The van der Waals surface area contributed by atoms with Crippen LogP contribution in [0.1, 0.15) is 23.6 Å². The SMILES string of the molecule is COc1ccc(C(NC(=O)CCc2cnn(C)c2)C(=O)O)cc1Br. The summed E-state index contributed by atoms with van der Waals surface area (Å²) in [5.41, 5.74) is 1.39. The summed E-state index contributed by atoms with van der Waals surface area (Å²) in [6, 6.07) is 3.77. The van der Waals surface area contributed by atoms with Crippen LogP contribution in [0.5, 0.6) is 5.75 Å². The first kappa shape index (κ1) is 18.0. The summed E-state index contributed by atoms with van der Waals surface area (Å²) in [5.74, 6) is -0.870. The third-order valence-electron chi connectivity index (χ3n) is 3.46. The molecule has 8 heteroatoms. The maximum Gasteiger partial charge on any atom is 0.330 e. The summed E-state index contributed by atoms with van der Waals surface area (Å²) in [4.78, 5) is 23.6. The van der Waals surface area contributed by atoms with Crippen LogP contribution in [0, 0.1) is 0 Å². The summed E-state index contributed by atoms with van der Waals surface area (Å²) in [7, 11) is 3.32. The van der Waals surface area contributed by atoms with Crippen molar-refractivity contribution in [2.45, 2.75) is 18.9 Å². The van der Waals surface area contributed by atoms with Crippen molar-refractivity contribution in [3.8, 4) is 5.75 Å². The van der Waals surface area contributed by atoms with Crippen molar-refractivity contribution in [2.75, 3.05) is 7.11 Å². The zero-order valence-corrected chi connectivity index (χ0v) is 14.9. The number of ether oxygens (including phenoxy) is 1. The molecule has 7 nitrogen and oxygen atoms in total. The normalized spacial score (nSPS) is 11.8. The number of carboxylic acids is 1. The van der Waals surface area contributed by atoms with Crippen molar-refractivity contribution in [1.82, 2.24) is 15.1 Å². The molecule has 1 atom stereocenters. The van der Waals surface area contributed by atoms with Gasteiger partial charge in [0, 0.05) is 19.7 Å². The van der Waals surface area contributed by atoms with Gasteiger partial charge in [-0.15, -0.1) is 0 Å². The minimum Gasteiger partial charge on any atom is -0.496 e. The van der Waals surface area contributed by atoms with Crippen molar-refractivity contribution >= 4 is 27.8 Å². The fraction of sp³-hybridized carbons (Fsp3) is 0.312. The fourth-order valence-electron chi connectivity index (χ4n) is 2.24. The van der Waals surface area contributed by atoms with E-state index in [1.165, 1.54) is 7.11 Å². The van der Waals surface area contributed by atoms with E-state index >= 15 is 0 Å². The first-order valence-corrected chi connectivity index (χ1v) is 8.03. The molecular formula is C16H18BrN3O4. The predicted molar refractivity (Wildman–Crippen MR) is 90.7 cm³/mol. The molecule has 0 saturated carbocycles. The number of halogens is 1. The van der Waals surface area contributed by atoms with E-state index in [-0.39, 0.29) is 12.3 Å². The molecule has 1 heterocycles. The molecule has 2 aromatic rings. The van der Waals surface area contributed by atoms with Gasteiger partial charge in [0.1, 0.15) is 5.75 Å². The van der Waals surface area contributed by atoms with Gasteiger partial charge < -0.3 is 15.2 Å². The van der Waals surface area contributed by atoms with Gasteiger partial charge in [-0.25, -0.2) is 4.79 Å². The Hall–Kier alpha value is -2.35. The average Bonchev–Trinajstić information content (AvgIpc) is 2.95. The van der Waals surface area contributed by atoms with Crippen LogP contribution in [0.4, 0.5) is 0 Å². The summed E-state index contributed by atoms with van der Waals surface area (Å²) in [6.45, 7) is 0. The lowest BCUT2D eigenvalue weighted by atomic mass is 10.1. The van der Waals surface area contributed by atoms with E-state index in [1.54, 1.807) is 36.1 Å². The highest BCUT2D eigenvalue weighted by molar-refractivity contribution is 9.10. The number of nitrogens with zero attached hydrogens (tertiary/aromatic N) is 2. The van der Waals surface area contributed by atoms with Gasteiger partial charge in [0.2, 0.25) is 5.91 Å². The Morgan fingerprint density at radius 3 is 2.75 bits per heavy atom. The van der Waals surface area contributed by atoms with Crippen LogP contribution in [0.15, 0.2) is 35.1 Å². The Bertz CT molecular complexity index is 745. The zero-order valence-electron chi connectivity index (χ0n) is 13.3. The highest BCUT2D eigenvalue weighted by atomic mass is 79.9. The number of carboxylic acid groups (broad SMARTS) is 1. The quantitative estimate of drug-likeness (QED) is 0.748. The molecule has 0 aliphatic rings. The molecule has 0 fully saturated rings. The number of hydrogen-bond acceptors (Lipinski definition) is 4. The van der Waals surface area contributed by atoms with Crippen LogP contribution in [0.2, 0.25) is 0 Å². The number of hydrogen-bond donors (Lipinski definition) is 2. The molecule has 0 aliphatic carbocycles. The Kier molecular flexibility index (Phi) is 5.97. The van der Waals surface area contributed by atoms with Crippen molar-refractivity contribution < 1.29 is 19.4 Å². The minimum atomic E-state index is -1.12. The number of rotatable bonds is 7. The maximum atomic E-state index is 12.1. The van der Waals surface area contributed by atoms with Gasteiger partial charge in [-0.1, -0.05) is 6.07 Å². The second kappa shape index (κ2) is 7.96. The molecule has 24 heavy (non-hydrogen) atoms. The van der Waals surface area contributed by atoms with Gasteiger partial charge in [0.05, 0.1) is 17.8 Å². The number of aromatic nitrogens is 2. The third kappa shape index (κ3) is 4.58. The molecule has 1 aromatic heterocycles. The van der Waals surface area contributed by atoms with Gasteiger partial charge >= 0.3 is 5.97 Å². The highest BCUT2D eigenvalue weighted by Crippen LogP contribution is 2.28.